The summed E-state index contributed by atoms with van der Waals surface area (Å²) in [7, 11) is 0. The van der Waals surface area contributed by atoms with Crippen molar-refractivity contribution in [3.05, 3.63) is 113 Å². The van der Waals surface area contributed by atoms with Crippen LogP contribution in [0.2, 0.25) is 0 Å². The van der Waals surface area contributed by atoms with Crippen molar-refractivity contribution in [2.24, 2.45) is 5.92 Å². The number of para-hydroxylation sites is 1. The van der Waals surface area contributed by atoms with Gasteiger partial charge in [0.1, 0.15) is 0 Å². The van der Waals surface area contributed by atoms with E-state index in [9.17, 15) is 0 Å². The average Bonchev–Trinajstić information content (AvgIpc) is 3.59. The maximum atomic E-state index is 5.21. The Bertz CT molecular complexity index is 1400. The first kappa shape index (κ1) is 21.4. The summed E-state index contributed by atoms with van der Waals surface area (Å²) in [6.07, 6.45) is 11.8. The maximum Gasteiger partial charge on any atom is 0.155 e. The van der Waals surface area contributed by atoms with Gasteiger partial charge in [0, 0.05) is 28.1 Å². The van der Waals surface area contributed by atoms with Gasteiger partial charge in [0.05, 0.1) is 10.6 Å². The molecule has 2 aromatic heterocycles. The third kappa shape index (κ3) is 3.18. The molecule has 0 radical (unpaired) electrons. The number of hydrogen-bond donors (Lipinski definition) is 0. The zero-order valence-corrected chi connectivity index (χ0v) is 20.8. The number of aryl methyl sites for hydroxylation is 1. The summed E-state index contributed by atoms with van der Waals surface area (Å²) >= 11 is 1.80. The highest BCUT2D eigenvalue weighted by molar-refractivity contribution is 7.15. The van der Waals surface area contributed by atoms with Crippen molar-refractivity contribution in [1.82, 2.24) is 9.55 Å². The van der Waals surface area contributed by atoms with Gasteiger partial charge in [-0.05, 0) is 66.6 Å². The lowest BCUT2D eigenvalue weighted by Gasteiger charge is -2.36. The molecule has 0 aliphatic heterocycles. The first-order chi connectivity index (χ1) is 16.6. The Morgan fingerprint density at radius 3 is 2.44 bits per heavy atom. The average molecular weight is 463 g/mol. The van der Waals surface area contributed by atoms with Crippen molar-refractivity contribution in [2.75, 3.05) is 0 Å². The Morgan fingerprint density at radius 2 is 1.71 bits per heavy atom. The van der Waals surface area contributed by atoms with Gasteiger partial charge in [-0.1, -0.05) is 74.5 Å². The predicted molar refractivity (Wildman–Crippen MR) is 144 cm³/mol. The molecule has 0 bridgehead atoms. The fourth-order valence-corrected chi connectivity index (χ4v) is 7.06. The highest BCUT2D eigenvalue weighted by Crippen LogP contribution is 2.57. The van der Waals surface area contributed by atoms with Crippen LogP contribution >= 0.6 is 11.3 Å². The van der Waals surface area contributed by atoms with Crippen LogP contribution in [0.3, 0.4) is 0 Å². The molecule has 3 heteroatoms. The molecule has 170 valence electrons. The molecule has 34 heavy (non-hydrogen) atoms. The number of nitrogens with zero attached hydrogens (tertiary/aromatic N) is 2. The first-order valence-corrected chi connectivity index (χ1v) is 13.2. The van der Waals surface area contributed by atoms with Crippen LogP contribution in [0, 0.1) is 12.8 Å². The molecule has 4 aromatic rings. The van der Waals surface area contributed by atoms with Crippen molar-refractivity contribution in [2.45, 2.75) is 44.9 Å². The van der Waals surface area contributed by atoms with Gasteiger partial charge >= 0.3 is 0 Å². The SMILES string of the molecule is CCC1(CC)c2ccccc2C2C=CC(c3cn(-c4ccccc4)c(-c4ccc(C)s4)n3)=CC21. The third-order valence-electron chi connectivity index (χ3n) is 7.98. The van der Waals surface area contributed by atoms with Crippen LogP contribution in [-0.4, -0.2) is 9.55 Å². The molecule has 2 atom stereocenters. The molecule has 2 unspecified atom stereocenters. The highest BCUT2D eigenvalue weighted by atomic mass is 32.1. The van der Waals surface area contributed by atoms with Crippen LogP contribution in [0.4, 0.5) is 0 Å². The van der Waals surface area contributed by atoms with E-state index in [-0.39, 0.29) is 5.41 Å². The Morgan fingerprint density at radius 1 is 0.941 bits per heavy atom. The molecule has 6 rings (SSSR count). The van der Waals surface area contributed by atoms with E-state index in [1.54, 1.807) is 16.9 Å². The van der Waals surface area contributed by atoms with Crippen molar-refractivity contribution < 1.29 is 0 Å². The lowest BCUT2D eigenvalue weighted by atomic mass is 9.67. The molecule has 2 aliphatic rings. The Balaban J connectivity index is 1.48. The summed E-state index contributed by atoms with van der Waals surface area (Å²) in [6.45, 7) is 6.87. The quantitative estimate of drug-likeness (QED) is 0.291. The summed E-state index contributed by atoms with van der Waals surface area (Å²) in [5.74, 6) is 1.94. The van der Waals surface area contributed by atoms with E-state index < -0.39 is 0 Å². The van der Waals surface area contributed by atoms with Crippen LogP contribution in [-0.2, 0) is 5.41 Å². The zero-order chi connectivity index (χ0) is 23.3. The van der Waals surface area contributed by atoms with E-state index in [0.29, 0.717) is 11.8 Å². The fraction of sp³-hybridized carbons (Fsp3) is 0.258. The van der Waals surface area contributed by atoms with Crippen molar-refractivity contribution in [3.63, 3.8) is 0 Å². The van der Waals surface area contributed by atoms with E-state index >= 15 is 0 Å². The Kier molecular flexibility index (Phi) is 5.18. The van der Waals surface area contributed by atoms with E-state index in [0.717, 1.165) is 30.0 Å². The number of thiophene rings is 1. The molecular formula is C31H30N2S. The molecule has 0 amide bonds. The summed E-state index contributed by atoms with van der Waals surface area (Å²) in [4.78, 5) is 7.72. The zero-order valence-electron chi connectivity index (χ0n) is 20.0. The highest BCUT2D eigenvalue weighted by Gasteiger charge is 2.48. The summed E-state index contributed by atoms with van der Waals surface area (Å²) in [5, 5.41) is 0. The van der Waals surface area contributed by atoms with E-state index in [4.69, 9.17) is 4.98 Å². The number of aromatic nitrogens is 2. The normalized spacial score (nSPS) is 20.1. The standard InChI is InChI=1S/C31H30N2S/c1-4-31(5-2)26-14-10-9-13-24(26)25-17-16-22(19-27(25)31)28-20-33(23-11-7-6-8-12-23)30(32-28)29-18-15-21(3)34-29/h6-20,25,27H,4-5H2,1-3H3. The summed E-state index contributed by atoms with van der Waals surface area (Å²) in [5.41, 5.74) is 6.67. The molecule has 2 aliphatic carbocycles. The minimum absolute atomic E-state index is 0.187. The number of imidazole rings is 1. The molecule has 2 heterocycles. The van der Waals surface area contributed by atoms with Gasteiger partial charge in [0.15, 0.2) is 5.82 Å². The van der Waals surface area contributed by atoms with Gasteiger partial charge in [0.25, 0.3) is 0 Å². The maximum absolute atomic E-state index is 5.21. The van der Waals surface area contributed by atoms with Crippen LogP contribution < -0.4 is 0 Å². The first-order valence-electron chi connectivity index (χ1n) is 12.4. The molecule has 0 saturated heterocycles. The molecule has 2 nitrogen and oxygen atoms in total. The number of allylic oxidation sites excluding steroid dienone is 4. The fourth-order valence-electron chi connectivity index (χ4n) is 6.21. The van der Waals surface area contributed by atoms with Crippen LogP contribution in [0.1, 0.15) is 54.3 Å². The molecule has 0 saturated carbocycles. The van der Waals surface area contributed by atoms with Crippen molar-refractivity contribution in [1.29, 1.82) is 0 Å². The number of hydrogen-bond acceptors (Lipinski definition) is 2. The second kappa shape index (κ2) is 8.25. The predicted octanol–water partition coefficient (Wildman–Crippen LogP) is 8.33. The number of benzene rings is 2. The monoisotopic (exact) mass is 462 g/mol. The summed E-state index contributed by atoms with van der Waals surface area (Å²) in [6, 6.07) is 24.0. The lowest BCUT2D eigenvalue weighted by molar-refractivity contribution is 0.306. The summed E-state index contributed by atoms with van der Waals surface area (Å²) < 4.78 is 2.25. The van der Waals surface area contributed by atoms with Crippen LogP contribution in [0.5, 0.6) is 0 Å². The third-order valence-corrected chi connectivity index (χ3v) is 8.98. The van der Waals surface area contributed by atoms with Gasteiger partial charge in [0.2, 0.25) is 0 Å². The second-order valence-corrected chi connectivity index (χ2v) is 10.8. The van der Waals surface area contributed by atoms with E-state index in [1.165, 1.54) is 20.9 Å². The minimum atomic E-state index is 0.187. The number of rotatable bonds is 5. The van der Waals surface area contributed by atoms with Gasteiger partial charge < -0.3 is 0 Å². The molecule has 2 aromatic carbocycles. The van der Waals surface area contributed by atoms with Crippen molar-refractivity contribution in [3.8, 4) is 16.4 Å². The van der Waals surface area contributed by atoms with Gasteiger partial charge in [-0.15, -0.1) is 11.3 Å². The van der Waals surface area contributed by atoms with Gasteiger partial charge in [-0.2, -0.15) is 0 Å². The van der Waals surface area contributed by atoms with E-state index in [1.807, 2.05) is 0 Å². The largest absolute Gasteiger partial charge is 0.298 e. The topological polar surface area (TPSA) is 17.8 Å². The smallest absolute Gasteiger partial charge is 0.155 e. The van der Waals surface area contributed by atoms with E-state index in [2.05, 4.69) is 116 Å². The Labute approximate surface area is 206 Å². The van der Waals surface area contributed by atoms with Crippen LogP contribution in [0.25, 0.3) is 22.0 Å². The second-order valence-electron chi connectivity index (χ2n) is 9.55. The molecule has 0 N–H and O–H groups in total. The lowest BCUT2D eigenvalue weighted by Crippen LogP contribution is -2.31. The Hall–Kier alpha value is -3.17. The molecular weight excluding hydrogens is 432 g/mol. The van der Waals surface area contributed by atoms with Gasteiger partial charge in [-0.25, -0.2) is 4.98 Å². The molecule has 0 spiro atoms. The number of fused-ring (bicyclic) bond motifs is 3. The minimum Gasteiger partial charge on any atom is -0.298 e. The van der Waals surface area contributed by atoms with Crippen LogP contribution in [0.15, 0.2) is 91.2 Å². The molecule has 0 fully saturated rings. The van der Waals surface area contributed by atoms with Crippen molar-refractivity contribution >= 4 is 16.9 Å². The van der Waals surface area contributed by atoms with Gasteiger partial charge in [-0.3, -0.25) is 4.57 Å².